The van der Waals surface area contributed by atoms with Gasteiger partial charge in [-0.3, -0.25) is 9.30 Å². The fraction of sp³-hybridized carbons (Fsp3) is 0.688. The highest BCUT2D eigenvalue weighted by Gasteiger charge is 2.37. The van der Waals surface area contributed by atoms with E-state index < -0.39 is 0 Å². The van der Waals surface area contributed by atoms with Gasteiger partial charge in [-0.25, -0.2) is 0 Å². The number of hydrogen-bond donors (Lipinski definition) is 1. The zero-order chi connectivity index (χ0) is 15.4. The Labute approximate surface area is 135 Å². The van der Waals surface area contributed by atoms with Crippen LogP contribution in [0.2, 0.25) is 0 Å². The molecule has 7 heteroatoms. The monoisotopic (exact) mass is 313 g/mol. The largest absolute Gasteiger partial charge is 0.369 e. The van der Waals surface area contributed by atoms with Crippen LogP contribution in [-0.2, 0) is 0 Å². The lowest BCUT2D eigenvalue weighted by atomic mass is 9.95. The molecule has 3 aliphatic heterocycles. The smallest absolute Gasteiger partial charge is 0.209 e. The lowest BCUT2D eigenvalue weighted by molar-refractivity contribution is 0.128. The predicted octanol–water partition coefficient (Wildman–Crippen LogP) is 1.02. The molecule has 1 aliphatic carbocycles. The second-order valence-electron chi connectivity index (χ2n) is 7.43. The molecule has 0 radical (unpaired) electrons. The standard InChI is InChI=1S/C16H23N7/c17-16-19-14(5-15-20-18-10-23(15)16)22-8-12-3-4-13(9-22)21(7-12)6-11-1-2-11/h5,10-13H,1-4,6-9H2,(H2,17,19)/t12-,13-/m0/s1. The molecular weight excluding hydrogens is 290 g/mol. The van der Waals surface area contributed by atoms with E-state index in [0.29, 0.717) is 12.0 Å². The van der Waals surface area contributed by atoms with E-state index in [-0.39, 0.29) is 0 Å². The van der Waals surface area contributed by atoms with E-state index >= 15 is 0 Å². The molecule has 0 spiro atoms. The fourth-order valence-corrected chi connectivity index (χ4v) is 4.22. The molecule has 4 fully saturated rings. The molecule has 0 amide bonds. The third-order valence-corrected chi connectivity index (χ3v) is 5.65. The normalized spacial score (nSPS) is 28.4. The Balaban J connectivity index is 1.43. The fourth-order valence-electron chi connectivity index (χ4n) is 4.22. The Morgan fingerprint density at radius 3 is 2.91 bits per heavy atom. The maximum atomic E-state index is 6.07. The number of nitrogens with zero attached hydrogens (tertiary/aromatic N) is 6. The van der Waals surface area contributed by atoms with E-state index in [9.17, 15) is 0 Å². The minimum atomic E-state index is 0.467. The van der Waals surface area contributed by atoms with Crippen molar-refractivity contribution in [2.75, 3.05) is 36.8 Å². The number of nitrogen functional groups attached to an aromatic ring is 1. The number of fused-ring (bicyclic) bond motifs is 5. The molecule has 2 aromatic heterocycles. The Morgan fingerprint density at radius 2 is 2.04 bits per heavy atom. The van der Waals surface area contributed by atoms with Gasteiger partial charge in [-0.15, -0.1) is 10.2 Å². The van der Waals surface area contributed by atoms with Crippen LogP contribution in [0.1, 0.15) is 25.7 Å². The molecule has 6 rings (SSSR count). The Hall–Kier alpha value is -1.89. The molecule has 23 heavy (non-hydrogen) atoms. The molecule has 3 saturated heterocycles. The SMILES string of the molecule is Nc1nc(N2C[C@H]3CC[C@@H](C2)N(CC2CC2)C3)cc2nncn12. The Morgan fingerprint density at radius 1 is 1.13 bits per heavy atom. The summed E-state index contributed by atoms with van der Waals surface area (Å²) < 4.78 is 1.73. The maximum absolute atomic E-state index is 6.07. The van der Waals surface area contributed by atoms with Gasteiger partial charge in [-0.2, -0.15) is 4.98 Å². The highest BCUT2D eigenvalue weighted by Crippen LogP contribution is 2.35. The van der Waals surface area contributed by atoms with Crippen LogP contribution in [0, 0.1) is 11.8 Å². The Kier molecular flexibility index (Phi) is 2.98. The second kappa shape index (κ2) is 5.06. The third kappa shape index (κ3) is 2.43. The summed E-state index contributed by atoms with van der Waals surface area (Å²) in [5, 5.41) is 8.06. The number of nitrogens with two attached hydrogens (primary N) is 1. The topological polar surface area (TPSA) is 75.6 Å². The highest BCUT2D eigenvalue weighted by atomic mass is 15.3. The van der Waals surface area contributed by atoms with E-state index in [1.165, 1.54) is 38.8 Å². The quantitative estimate of drug-likeness (QED) is 0.912. The number of aromatic nitrogens is 4. The van der Waals surface area contributed by atoms with Crippen molar-refractivity contribution in [3.8, 4) is 0 Å². The summed E-state index contributed by atoms with van der Waals surface area (Å²) in [6.07, 6.45) is 7.13. The van der Waals surface area contributed by atoms with Crippen molar-refractivity contribution in [2.24, 2.45) is 11.8 Å². The molecule has 2 atom stereocenters. The number of anilines is 2. The van der Waals surface area contributed by atoms with E-state index in [1.54, 1.807) is 10.7 Å². The molecule has 2 aromatic rings. The van der Waals surface area contributed by atoms with Crippen LogP contribution in [-0.4, -0.2) is 56.7 Å². The first kappa shape index (κ1) is 13.5. The van der Waals surface area contributed by atoms with Crippen molar-refractivity contribution >= 4 is 17.4 Å². The summed E-state index contributed by atoms with van der Waals surface area (Å²) in [5.74, 6) is 3.12. The van der Waals surface area contributed by atoms with Crippen LogP contribution in [0.5, 0.6) is 0 Å². The Bertz CT molecular complexity index is 722. The maximum Gasteiger partial charge on any atom is 0.209 e. The first-order chi connectivity index (χ1) is 11.3. The molecule has 1 saturated carbocycles. The van der Waals surface area contributed by atoms with Gasteiger partial charge in [0.25, 0.3) is 0 Å². The van der Waals surface area contributed by atoms with Crippen LogP contribution >= 0.6 is 0 Å². The van der Waals surface area contributed by atoms with Gasteiger partial charge in [0.15, 0.2) is 5.65 Å². The lowest BCUT2D eigenvalue weighted by Gasteiger charge is -2.36. The van der Waals surface area contributed by atoms with E-state index in [1.807, 2.05) is 6.07 Å². The van der Waals surface area contributed by atoms with E-state index in [2.05, 4.69) is 25.0 Å². The third-order valence-electron chi connectivity index (χ3n) is 5.65. The molecule has 2 bridgehead atoms. The van der Waals surface area contributed by atoms with Crippen LogP contribution in [0.25, 0.3) is 5.65 Å². The lowest BCUT2D eigenvalue weighted by Crippen LogP contribution is -2.44. The molecule has 2 N–H and O–H groups in total. The van der Waals surface area contributed by atoms with Crippen LogP contribution in [0.15, 0.2) is 12.4 Å². The molecule has 0 aromatic carbocycles. The van der Waals surface area contributed by atoms with Crippen LogP contribution in [0.4, 0.5) is 11.8 Å². The van der Waals surface area contributed by atoms with Crippen LogP contribution < -0.4 is 10.6 Å². The van der Waals surface area contributed by atoms with Gasteiger partial charge in [-0.1, -0.05) is 0 Å². The number of piperidine rings is 1. The van der Waals surface area contributed by atoms with E-state index in [0.717, 1.165) is 36.4 Å². The van der Waals surface area contributed by atoms with Crippen molar-refractivity contribution in [1.82, 2.24) is 24.5 Å². The van der Waals surface area contributed by atoms with Gasteiger partial charge in [-0.05, 0) is 37.5 Å². The van der Waals surface area contributed by atoms with Gasteiger partial charge < -0.3 is 10.6 Å². The van der Waals surface area contributed by atoms with Crippen molar-refractivity contribution in [2.45, 2.75) is 31.7 Å². The van der Waals surface area contributed by atoms with Crippen molar-refractivity contribution < 1.29 is 0 Å². The molecule has 0 unspecified atom stereocenters. The molecule has 5 heterocycles. The zero-order valence-electron chi connectivity index (χ0n) is 13.3. The van der Waals surface area contributed by atoms with Crippen molar-refractivity contribution in [3.05, 3.63) is 12.4 Å². The average Bonchev–Trinajstić information content (AvgIpc) is 3.29. The highest BCUT2D eigenvalue weighted by molar-refractivity contribution is 5.55. The van der Waals surface area contributed by atoms with Gasteiger partial charge in [0.1, 0.15) is 12.1 Å². The summed E-state index contributed by atoms with van der Waals surface area (Å²) in [7, 11) is 0. The zero-order valence-corrected chi connectivity index (χ0v) is 13.3. The summed E-state index contributed by atoms with van der Waals surface area (Å²) in [5.41, 5.74) is 6.85. The predicted molar refractivity (Wildman–Crippen MR) is 88.2 cm³/mol. The molecular formula is C16H23N7. The number of hydrogen-bond acceptors (Lipinski definition) is 6. The first-order valence-electron chi connectivity index (χ1n) is 8.71. The van der Waals surface area contributed by atoms with Gasteiger partial charge in [0.05, 0.1) is 0 Å². The molecule has 122 valence electrons. The van der Waals surface area contributed by atoms with Crippen molar-refractivity contribution in [1.29, 1.82) is 0 Å². The van der Waals surface area contributed by atoms with E-state index in [4.69, 9.17) is 5.73 Å². The first-order valence-corrected chi connectivity index (χ1v) is 8.71. The minimum absolute atomic E-state index is 0.467. The minimum Gasteiger partial charge on any atom is -0.369 e. The van der Waals surface area contributed by atoms with Gasteiger partial charge in [0.2, 0.25) is 5.95 Å². The van der Waals surface area contributed by atoms with Gasteiger partial charge in [0, 0.05) is 38.3 Å². The van der Waals surface area contributed by atoms with Crippen molar-refractivity contribution in [3.63, 3.8) is 0 Å². The van der Waals surface area contributed by atoms with Crippen LogP contribution in [0.3, 0.4) is 0 Å². The number of rotatable bonds is 3. The molecule has 7 nitrogen and oxygen atoms in total. The van der Waals surface area contributed by atoms with Gasteiger partial charge >= 0.3 is 0 Å². The second-order valence-corrected chi connectivity index (χ2v) is 7.43. The summed E-state index contributed by atoms with van der Waals surface area (Å²) >= 11 is 0. The molecule has 4 aliphatic rings. The average molecular weight is 313 g/mol. The summed E-state index contributed by atoms with van der Waals surface area (Å²) in [6, 6.07) is 2.67. The summed E-state index contributed by atoms with van der Waals surface area (Å²) in [4.78, 5) is 9.76. The summed E-state index contributed by atoms with van der Waals surface area (Å²) in [6.45, 7) is 4.68.